The number of carbonyl (C=O) groups excluding carboxylic acids is 1. The third-order valence-electron chi connectivity index (χ3n) is 0.489. The smallest absolute Gasteiger partial charge is 0.262 e. The fourth-order valence-corrected chi connectivity index (χ4v) is 0.190. The van der Waals surface area contributed by atoms with Gasteiger partial charge < -0.3 is 0 Å². The summed E-state index contributed by atoms with van der Waals surface area (Å²) >= 11 is 0. The number of carbonyl (C=O) groups is 1. The summed E-state index contributed by atoms with van der Waals surface area (Å²) in [4.78, 5) is 12.2. The number of halogens is 3. The standard InChI is InChI=1S/C4H4F3NO/c1-2-8-3(9)4(5,6)7/h2H,1H3. The number of aliphatic imine (C=N–C) groups is 1. The average molecular weight is 139 g/mol. The minimum Gasteiger partial charge on any atom is -0.262 e. The van der Waals surface area contributed by atoms with Crippen molar-refractivity contribution in [3.8, 4) is 0 Å². The van der Waals surface area contributed by atoms with Gasteiger partial charge in [-0.1, -0.05) is 0 Å². The normalized spacial score (nSPS) is 12.4. The first-order valence-corrected chi connectivity index (χ1v) is 2.08. The van der Waals surface area contributed by atoms with Gasteiger partial charge in [0.15, 0.2) is 0 Å². The van der Waals surface area contributed by atoms with E-state index in [9.17, 15) is 18.0 Å². The summed E-state index contributed by atoms with van der Waals surface area (Å²) in [5, 5.41) is 0. The molecule has 0 saturated carbocycles. The van der Waals surface area contributed by atoms with Crippen molar-refractivity contribution >= 4 is 12.1 Å². The van der Waals surface area contributed by atoms with Crippen molar-refractivity contribution in [2.45, 2.75) is 13.1 Å². The van der Waals surface area contributed by atoms with Gasteiger partial charge in [-0.05, 0) is 6.92 Å². The molecule has 0 radical (unpaired) electrons. The van der Waals surface area contributed by atoms with Crippen molar-refractivity contribution in [2.24, 2.45) is 4.99 Å². The van der Waals surface area contributed by atoms with Gasteiger partial charge in [0, 0.05) is 6.21 Å². The van der Waals surface area contributed by atoms with Crippen LogP contribution in [0.15, 0.2) is 4.99 Å². The van der Waals surface area contributed by atoms with Crippen LogP contribution in [0.5, 0.6) is 0 Å². The lowest BCUT2D eigenvalue weighted by Crippen LogP contribution is -2.19. The molecule has 0 atom stereocenters. The molecule has 5 heteroatoms. The second-order valence-electron chi connectivity index (χ2n) is 1.19. The predicted octanol–water partition coefficient (Wildman–Crippen LogP) is 1.17. The molecule has 0 spiro atoms. The first kappa shape index (κ1) is 8.13. The summed E-state index contributed by atoms with van der Waals surface area (Å²) in [5.41, 5.74) is 0. The van der Waals surface area contributed by atoms with Gasteiger partial charge in [-0.2, -0.15) is 13.2 Å². The lowest BCUT2D eigenvalue weighted by Gasteiger charge is -1.96. The molecular weight excluding hydrogens is 135 g/mol. The number of alkyl halides is 3. The van der Waals surface area contributed by atoms with Crippen LogP contribution in [0.2, 0.25) is 0 Å². The third-order valence-corrected chi connectivity index (χ3v) is 0.489. The molecular formula is C4H4F3NO. The molecule has 0 unspecified atom stereocenters. The van der Waals surface area contributed by atoms with Gasteiger partial charge >= 0.3 is 12.1 Å². The molecule has 0 N–H and O–H groups in total. The lowest BCUT2D eigenvalue weighted by atomic mass is 10.6. The maximum Gasteiger partial charge on any atom is 0.473 e. The zero-order chi connectivity index (χ0) is 7.49. The zero-order valence-electron chi connectivity index (χ0n) is 4.57. The van der Waals surface area contributed by atoms with Crippen LogP contribution in [0.1, 0.15) is 6.92 Å². The molecule has 0 aliphatic heterocycles. The van der Waals surface area contributed by atoms with E-state index in [1.54, 1.807) is 0 Å². The molecule has 9 heavy (non-hydrogen) atoms. The van der Waals surface area contributed by atoms with E-state index < -0.39 is 12.1 Å². The molecule has 0 aliphatic rings. The number of rotatable bonds is 0. The van der Waals surface area contributed by atoms with Gasteiger partial charge in [0.1, 0.15) is 0 Å². The Morgan fingerprint density at radius 1 is 1.56 bits per heavy atom. The number of hydrogen-bond acceptors (Lipinski definition) is 1. The highest BCUT2D eigenvalue weighted by Crippen LogP contribution is 2.15. The summed E-state index contributed by atoms with van der Waals surface area (Å²) in [6.07, 6.45) is -4.03. The van der Waals surface area contributed by atoms with Gasteiger partial charge in [0.2, 0.25) is 0 Å². The summed E-state index contributed by atoms with van der Waals surface area (Å²) < 4.78 is 33.5. The summed E-state index contributed by atoms with van der Waals surface area (Å²) in [7, 11) is 0. The molecule has 1 amide bonds. The second kappa shape index (κ2) is 2.61. The van der Waals surface area contributed by atoms with Crippen LogP contribution in [0.3, 0.4) is 0 Å². The van der Waals surface area contributed by atoms with E-state index in [4.69, 9.17) is 0 Å². The van der Waals surface area contributed by atoms with Crippen LogP contribution >= 0.6 is 0 Å². The Bertz CT molecular complexity index is 137. The molecule has 0 aromatic carbocycles. The average Bonchev–Trinajstić information content (AvgIpc) is 1.64. The van der Waals surface area contributed by atoms with Crippen LogP contribution in [0.25, 0.3) is 0 Å². The highest BCUT2D eigenvalue weighted by Gasteiger charge is 2.37. The Kier molecular flexibility index (Phi) is 2.36. The molecule has 0 rings (SSSR count). The van der Waals surface area contributed by atoms with Crippen molar-refractivity contribution in [1.29, 1.82) is 0 Å². The largest absolute Gasteiger partial charge is 0.473 e. The Balaban J connectivity index is 4.06. The Labute approximate surface area is 49.4 Å². The molecule has 0 bridgehead atoms. The first-order valence-electron chi connectivity index (χ1n) is 2.08. The van der Waals surface area contributed by atoms with Crippen LogP contribution in [-0.4, -0.2) is 18.3 Å². The van der Waals surface area contributed by atoms with E-state index in [1.165, 1.54) is 6.92 Å². The first-order chi connectivity index (χ1) is 3.98. The quantitative estimate of drug-likeness (QED) is 0.463. The summed E-state index contributed by atoms with van der Waals surface area (Å²) in [6.45, 7) is 1.24. The van der Waals surface area contributed by atoms with Crippen LogP contribution in [0.4, 0.5) is 13.2 Å². The van der Waals surface area contributed by atoms with Crippen molar-refractivity contribution in [3.63, 3.8) is 0 Å². The Hall–Kier alpha value is -0.870. The van der Waals surface area contributed by atoms with Crippen molar-refractivity contribution in [3.05, 3.63) is 0 Å². The van der Waals surface area contributed by atoms with E-state index in [0.717, 1.165) is 6.21 Å². The van der Waals surface area contributed by atoms with Gasteiger partial charge in [0.05, 0.1) is 0 Å². The molecule has 0 aromatic rings. The minimum atomic E-state index is -4.83. The molecule has 0 saturated heterocycles. The van der Waals surface area contributed by atoms with Gasteiger partial charge in [-0.15, -0.1) is 0 Å². The van der Waals surface area contributed by atoms with E-state index >= 15 is 0 Å². The van der Waals surface area contributed by atoms with E-state index in [-0.39, 0.29) is 0 Å². The van der Waals surface area contributed by atoms with E-state index in [0.29, 0.717) is 0 Å². The molecule has 0 aliphatic carbocycles. The van der Waals surface area contributed by atoms with Crippen LogP contribution in [0, 0.1) is 0 Å². The fraction of sp³-hybridized carbons (Fsp3) is 0.500. The molecule has 0 aromatic heterocycles. The highest BCUT2D eigenvalue weighted by atomic mass is 19.4. The third kappa shape index (κ3) is 2.84. The minimum absolute atomic E-state index is 0.801. The summed E-state index contributed by atoms with van der Waals surface area (Å²) in [6, 6.07) is 0. The van der Waals surface area contributed by atoms with Crippen molar-refractivity contribution in [1.82, 2.24) is 0 Å². The maximum absolute atomic E-state index is 11.2. The Morgan fingerprint density at radius 3 is 2.11 bits per heavy atom. The highest BCUT2D eigenvalue weighted by molar-refractivity contribution is 5.88. The van der Waals surface area contributed by atoms with Gasteiger partial charge in [-0.25, -0.2) is 4.99 Å². The lowest BCUT2D eigenvalue weighted by molar-refractivity contribution is -0.169. The van der Waals surface area contributed by atoms with Crippen LogP contribution < -0.4 is 0 Å². The van der Waals surface area contributed by atoms with E-state index in [1.807, 2.05) is 0 Å². The van der Waals surface area contributed by atoms with Crippen molar-refractivity contribution < 1.29 is 18.0 Å². The van der Waals surface area contributed by atoms with Crippen molar-refractivity contribution in [2.75, 3.05) is 0 Å². The van der Waals surface area contributed by atoms with E-state index in [2.05, 4.69) is 4.99 Å². The Morgan fingerprint density at radius 2 is 2.00 bits per heavy atom. The second-order valence-corrected chi connectivity index (χ2v) is 1.19. The number of nitrogens with zero attached hydrogens (tertiary/aromatic N) is 1. The maximum atomic E-state index is 11.2. The fourth-order valence-electron chi connectivity index (χ4n) is 0.190. The van der Waals surface area contributed by atoms with Gasteiger partial charge in [0.25, 0.3) is 0 Å². The molecule has 52 valence electrons. The van der Waals surface area contributed by atoms with Crippen LogP contribution in [-0.2, 0) is 4.79 Å². The SMILES string of the molecule is CC=NC(=O)C(F)(F)F. The van der Waals surface area contributed by atoms with Gasteiger partial charge in [-0.3, -0.25) is 4.79 Å². The predicted molar refractivity (Wildman–Crippen MR) is 25.2 cm³/mol. The summed E-state index contributed by atoms with van der Waals surface area (Å²) in [5.74, 6) is -2.06. The molecule has 2 nitrogen and oxygen atoms in total. The molecule has 0 heterocycles. The zero-order valence-corrected chi connectivity index (χ0v) is 4.57. The number of hydrogen-bond donors (Lipinski definition) is 0. The molecule has 0 fully saturated rings. The number of amides is 1. The topological polar surface area (TPSA) is 29.4 Å². The monoisotopic (exact) mass is 139 g/mol.